The van der Waals surface area contributed by atoms with Gasteiger partial charge in [0.05, 0.1) is 6.20 Å². The van der Waals surface area contributed by atoms with Crippen LogP contribution in [-0.2, 0) is 13.6 Å². The summed E-state index contributed by atoms with van der Waals surface area (Å²) in [7, 11) is 2.00. The van der Waals surface area contributed by atoms with Gasteiger partial charge in [-0.2, -0.15) is 5.10 Å². The van der Waals surface area contributed by atoms with E-state index in [1.165, 1.54) is 36.9 Å². The summed E-state index contributed by atoms with van der Waals surface area (Å²) < 4.78 is 1.95. The SMILES string of the molecule is Cc1c(CNC2CCCC(C)(C)C2)cnn1C. The number of hydrogen-bond acceptors (Lipinski definition) is 2. The second-order valence-corrected chi connectivity index (χ2v) is 6.22. The van der Waals surface area contributed by atoms with Gasteiger partial charge >= 0.3 is 0 Å². The number of aryl methyl sites for hydroxylation is 1. The fraction of sp³-hybridized carbons (Fsp3) is 0.786. The minimum atomic E-state index is 0.514. The third-order valence-corrected chi connectivity index (χ3v) is 4.12. The lowest BCUT2D eigenvalue weighted by Crippen LogP contribution is -2.36. The minimum absolute atomic E-state index is 0.514. The maximum absolute atomic E-state index is 4.29. The Morgan fingerprint density at radius 3 is 2.88 bits per heavy atom. The van der Waals surface area contributed by atoms with E-state index in [1.54, 1.807) is 0 Å². The topological polar surface area (TPSA) is 29.9 Å². The first-order valence-electron chi connectivity index (χ1n) is 6.69. The van der Waals surface area contributed by atoms with E-state index < -0.39 is 0 Å². The van der Waals surface area contributed by atoms with Gasteiger partial charge in [0.15, 0.2) is 0 Å². The van der Waals surface area contributed by atoms with E-state index in [4.69, 9.17) is 0 Å². The molecular formula is C14H25N3. The van der Waals surface area contributed by atoms with Crippen molar-refractivity contribution in [3.8, 4) is 0 Å². The maximum atomic E-state index is 4.29. The van der Waals surface area contributed by atoms with Crippen LogP contribution >= 0.6 is 0 Å². The van der Waals surface area contributed by atoms with E-state index >= 15 is 0 Å². The predicted octanol–water partition coefficient (Wildman–Crippen LogP) is 2.79. The van der Waals surface area contributed by atoms with E-state index in [-0.39, 0.29) is 0 Å². The van der Waals surface area contributed by atoms with E-state index in [1.807, 2.05) is 17.9 Å². The fourth-order valence-electron chi connectivity index (χ4n) is 2.84. The van der Waals surface area contributed by atoms with Crippen LogP contribution in [0.3, 0.4) is 0 Å². The Morgan fingerprint density at radius 2 is 2.29 bits per heavy atom. The Kier molecular flexibility index (Phi) is 3.57. The van der Waals surface area contributed by atoms with E-state index in [0.717, 1.165) is 6.54 Å². The molecule has 1 heterocycles. The molecule has 1 aromatic heterocycles. The quantitative estimate of drug-likeness (QED) is 0.873. The van der Waals surface area contributed by atoms with E-state index in [0.29, 0.717) is 11.5 Å². The zero-order chi connectivity index (χ0) is 12.5. The molecule has 2 rings (SSSR count). The number of nitrogens with one attached hydrogen (secondary N) is 1. The van der Waals surface area contributed by atoms with Crippen LogP contribution in [0, 0.1) is 12.3 Å². The van der Waals surface area contributed by atoms with Crippen LogP contribution in [0.15, 0.2) is 6.20 Å². The monoisotopic (exact) mass is 235 g/mol. The normalized spacial score (nSPS) is 23.9. The second kappa shape index (κ2) is 4.81. The first-order chi connectivity index (χ1) is 7.98. The van der Waals surface area contributed by atoms with Crippen molar-refractivity contribution in [1.82, 2.24) is 15.1 Å². The van der Waals surface area contributed by atoms with Gasteiger partial charge in [-0.15, -0.1) is 0 Å². The van der Waals surface area contributed by atoms with E-state index in [9.17, 15) is 0 Å². The molecule has 1 saturated carbocycles. The van der Waals surface area contributed by atoms with Crippen molar-refractivity contribution < 1.29 is 0 Å². The molecule has 17 heavy (non-hydrogen) atoms. The van der Waals surface area contributed by atoms with Gasteiger partial charge in [-0.1, -0.05) is 20.3 Å². The van der Waals surface area contributed by atoms with Crippen LogP contribution in [0.25, 0.3) is 0 Å². The van der Waals surface area contributed by atoms with Crippen LogP contribution in [-0.4, -0.2) is 15.8 Å². The summed E-state index contributed by atoms with van der Waals surface area (Å²) in [4.78, 5) is 0. The summed E-state index contributed by atoms with van der Waals surface area (Å²) in [6.07, 6.45) is 7.33. The van der Waals surface area contributed by atoms with Crippen molar-refractivity contribution >= 4 is 0 Å². The van der Waals surface area contributed by atoms with Gasteiger partial charge in [0.25, 0.3) is 0 Å². The smallest absolute Gasteiger partial charge is 0.0537 e. The summed E-state index contributed by atoms with van der Waals surface area (Å²) in [5, 5.41) is 7.98. The predicted molar refractivity (Wildman–Crippen MR) is 70.8 cm³/mol. The van der Waals surface area contributed by atoms with Crippen molar-refractivity contribution in [2.75, 3.05) is 0 Å². The van der Waals surface area contributed by atoms with Gasteiger partial charge in [0.1, 0.15) is 0 Å². The fourth-order valence-corrected chi connectivity index (χ4v) is 2.84. The van der Waals surface area contributed by atoms with Crippen molar-refractivity contribution in [2.24, 2.45) is 12.5 Å². The molecule has 0 aromatic carbocycles. The molecular weight excluding hydrogens is 210 g/mol. The number of hydrogen-bond donors (Lipinski definition) is 1. The molecule has 0 radical (unpaired) electrons. The molecule has 0 saturated heterocycles. The molecule has 0 amide bonds. The van der Waals surface area contributed by atoms with Crippen molar-refractivity contribution in [3.05, 3.63) is 17.5 Å². The Balaban J connectivity index is 1.88. The molecule has 0 spiro atoms. The lowest BCUT2D eigenvalue weighted by atomic mass is 9.75. The first kappa shape index (κ1) is 12.6. The van der Waals surface area contributed by atoms with Crippen LogP contribution in [0.4, 0.5) is 0 Å². The van der Waals surface area contributed by atoms with Crippen LogP contribution < -0.4 is 5.32 Å². The van der Waals surface area contributed by atoms with Gasteiger partial charge < -0.3 is 5.32 Å². The molecule has 1 N–H and O–H groups in total. The number of nitrogens with zero attached hydrogens (tertiary/aromatic N) is 2. The molecule has 96 valence electrons. The van der Waals surface area contributed by atoms with Crippen LogP contribution in [0.5, 0.6) is 0 Å². The highest BCUT2D eigenvalue weighted by Gasteiger charge is 2.27. The highest BCUT2D eigenvalue weighted by Crippen LogP contribution is 2.35. The highest BCUT2D eigenvalue weighted by molar-refractivity contribution is 5.15. The maximum Gasteiger partial charge on any atom is 0.0537 e. The summed E-state index contributed by atoms with van der Waals surface area (Å²) in [6, 6.07) is 0.679. The Bertz CT molecular complexity index is 379. The number of aromatic nitrogens is 2. The lowest BCUT2D eigenvalue weighted by Gasteiger charge is -2.35. The molecule has 0 aliphatic heterocycles. The second-order valence-electron chi connectivity index (χ2n) is 6.22. The first-order valence-corrected chi connectivity index (χ1v) is 6.69. The molecule has 3 heteroatoms. The van der Waals surface area contributed by atoms with Crippen molar-refractivity contribution in [3.63, 3.8) is 0 Å². The zero-order valence-electron chi connectivity index (χ0n) is 11.6. The third kappa shape index (κ3) is 3.09. The molecule has 1 aliphatic rings. The molecule has 3 nitrogen and oxygen atoms in total. The molecule has 0 bridgehead atoms. The van der Waals surface area contributed by atoms with Crippen LogP contribution in [0.2, 0.25) is 0 Å². The molecule has 1 aliphatic carbocycles. The van der Waals surface area contributed by atoms with Gasteiger partial charge in [0.2, 0.25) is 0 Å². The average molecular weight is 235 g/mol. The summed E-state index contributed by atoms with van der Waals surface area (Å²) >= 11 is 0. The summed E-state index contributed by atoms with van der Waals surface area (Å²) in [6.45, 7) is 7.86. The third-order valence-electron chi connectivity index (χ3n) is 4.12. The number of rotatable bonds is 3. The Hall–Kier alpha value is -0.830. The molecule has 1 unspecified atom stereocenters. The highest BCUT2D eigenvalue weighted by atomic mass is 15.3. The zero-order valence-corrected chi connectivity index (χ0v) is 11.6. The standard InChI is InChI=1S/C14H25N3/c1-11-12(10-16-17(11)4)9-15-13-6-5-7-14(2,3)8-13/h10,13,15H,5-9H2,1-4H3. The Morgan fingerprint density at radius 1 is 1.53 bits per heavy atom. The molecule has 1 atom stereocenters. The molecule has 1 fully saturated rings. The lowest BCUT2D eigenvalue weighted by molar-refractivity contribution is 0.197. The van der Waals surface area contributed by atoms with Crippen molar-refractivity contribution in [1.29, 1.82) is 0 Å². The molecule has 1 aromatic rings. The van der Waals surface area contributed by atoms with Gasteiger partial charge in [0, 0.05) is 30.9 Å². The van der Waals surface area contributed by atoms with Gasteiger partial charge in [-0.3, -0.25) is 4.68 Å². The van der Waals surface area contributed by atoms with E-state index in [2.05, 4.69) is 31.2 Å². The van der Waals surface area contributed by atoms with Crippen LogP contribution in [0.1, 0.15) is 50.8 Å². The Labute approximate surface area is 105 Å². The van der Waals surface area contributed by atoms with Gasteiger partial charge in [-0.25, -0.2) is 0 Å². The van der Waals surface area contributed by atoms with Gasteiger partial charge in [-0.05, 0) is 31.6 Å². The summed E-state index contributed by atoms with van der Waals surface area (Å²) in [5.41, 5.74) is 3.11. The average Bonchev–Trinajstić information content (AvgIpc) is 2.56. The largest absolute Gasteiger partial charge is 0.310 e. The van der Waals surface area contributed by atoms with Crippen molar-refractivity contribution in [2.45, 2.75) is 59.0 Å². The minimum Gasteiger partial charge on any atom is -0.310 e. The summed E-state index contributed by atoms with van der Waals surface area (Å²) in [5.74, 6) is 0.